The lowest BCUT2D eigenvalue weighted by atomic mass is 10.3. The van der Waals surface area contributed by atoms with Gasteiger partial charge in [-0.2, -0.15) is 0 Å². The molecule has 1 aromatic heterocycles. The van der Waals surface area contributed by atoms with E-state index < -0.39 is 0 Å². The summed E-state index contributed by atoms with van der Waals surface area (Å²) >= 11 is 0. The van der Waals surface area contributed by atoms with Crippen LogP contribution in [0.5, 0.6) is 0 Å². The number of β-amino-alcohol motifs (C(OH)–C–C–N with tert-alkyl or cyclic N) is 1. The Bertz CT molecular complexity index is 265. The maximum atomic E-state index is 9.30. The van der Waals surface area contributed by atoms with E-state index in [4.69, 9.17) is 0 Å². The molecule has 1 fully saturated rings. The summed E-state index contributed by atoms with van der Waals surface area (Å²) in [6.07, 6.45) is 4.19. The molecule has 70 valence electrons. The second-order valence-corrected chi connectivity index (χ2v) is 3.34. The number of rotatable bonds is 2. The van der Waals surface area contributed by atoms with Gasteiger partial charge < -0.3 is 5.11 Å². The van der Waals surface area contributed by atoms with Crippen LogP contribution in [0, 0.1) is 0 Å². The van der Waals surface area contributed by atoms with Crippen molar-refractivity contribution >= 4 is 0 Å². The van der Waals surface area contributed by atoms with Crippen LogP contribution in [0.4, 0.5) is 0 Å². The highest BCUT2D eigenvalue weighted by Gasteiger charge is 2.20. The highest BCUT2D eigenvalue weighted by molar-refractivity contribution is 4.89. The third-order valence-corrected chi connectivity index (χ3v) is 2.23. The number of aliphatic hydroxyl groups excluding tert-OH is 1. The van der Waals surface area contributed by atoms with Gasteiger partial charge in [-0.15, -0.1) is 0 Å². The van der Waals surface area contributed by atoms with Crippen molar-refractivity contribution in [3.63, 3.8) is 0 Å². The fourth-order valence-electron chi connectivity index (χ4n) is 1.57. The van der Waals surface area contributed by atoms with Gasteiger partial charge >= 0.3 is 0 Å². The smallest absolute Gasteiger partial charge is 0.142 e. The van der Waals surface area contributed by atoms with Crippen molar-refractivity contribution in [1.82, 2.24) is 14.9 Å². The molecule has 4 nitrogen and oxygen atoms in total. The van der Waals surface area contributed by atoms with Crippen LogP contribution in [0.15, 0.2) is 18.5 Å². The van der Waals surface area contributed by atoms with E-state index in [9.17, 15) is 5.11 Å². The molecule has 1 aliphatic heterocycles. The molecule has 1 aliphatic rings. The third-order valence-electron chi connectivity index (χ3n) is 2.23. The minimum Gasteiger partial charge on any atom is -0.392 e. The molecule has 4 heteroatoms. The molecule has 1 atom stereocenters. The first-order chi connectivity index (χ1) is 6.34. The molecular formula is C9H13N3O. The van der Waals surface area contributed by atoms with Gasteiger partial charge in [0.15, 0.2) is 0 Å². The minimum absolute atomic E-state index is 0.163. The Morgan fingerprint density at radius 1 is 1.46 bits per heavy atom. The number of likely N-dealkylation sites (tertiary alicyclic amines) is 1. The van der Waals surface area contributed by atoms with Crippen molar-refractivity contribution in [2.45, 2.75) is 19.1 Å². The number of aromatic nitrogens is 2. The SMILES string of the molecule is O[C@@H]1CCN(Cc2ncccn2)C1. The first-order valence-corrected chi connectivity index (χ1v) is 4.51. The first-order valence-electron chi connectivity index (χ1n) is 4.51. The number of hydrogen-bond donors (Lipinski definition) is 1. The van der Waals surface area contributed by atoms with Crippen LogP contribution in [0.3, 0.4) is 0 Å². The van der Waals surface area contributed by atoms with Crippen molar-refractivity contribution in [3.8, 4) is 0 Å². The highest BCUT2D eigenvalue weighted by Crippen LogP contribution is 2.10. The summed E-state index contributed by atoms with van der Waals surface area (Å²) in [7, 11) is 0. The van der Waals surface area contributed by atoms with Crippen molar-refractivity contribution in [1.29, 1.82) is 0 Å². The number of nitrogens with zero attached hydrogens (tertiary/aromatic N) is 3. The molecule has 0 saturated carbocycles. The van der Waals surface area contributed by atoms with E-state index in [2.05, 4.69) is 14.9 Å². The van der Waals surface area contributed by atoms with E-state index in [0.29, 0.717) is 0 Å². The Labute approximate surface area is 77.2 Å². The van der Waals surface area contributed by atoms with Gasteiger partial charge in [-0.25, -0.2) is 9.97 Å². The summed E-state index contributed by atoms with van der Waals surface area (Å²) in [6, 6.07) is 1.81. The summed E-state index contributed by atoms with van der Waals surface area (Å²) in [5.41, 5.74) is 0. The van der Waals surface area contributed by atoms with Crippen molar-refractivity contribution in [2.24, 2.45) is 0 Å². The molecular weight excluding hydrogens is 166 g/mol. The van der Waals surface area contributed by atoms with Gasteiger partial charge in [-0.1, -0.05) is 0 Å². The fraction of sp³-hybridized carbons (Fsp3) is 0.556. The van der Waals surface area contributed by atoms with Gasteiger partial charge in [0, 0.05) is 25.5 Å². The number of hydrogen-bond acceptors (Lipinski definition) is 4. The third kappa shape index (κ3) is 2.23. The summed E-state index contributed by atoms with van der Waals surface area (Å²) in [5, 5.41) is 9.30. The quantitative estimate of drug-likeness (QED) is 0.696. The second kappa shape index (κ2) is 3.81. The van der Waals surface area contributed by atoms with Gasteiger partial charge in [0.1, 0.15) is 5.82 Å². The lowest BCUT2D eigenvalue weighted by molar-refractivity contribution is 0.174. The van der Waals surface area contributed by atoms with Crippen LogP contribution in [-0.2, 0) is 6.54 Å². The Morgan fingerprint density at radius 3 is 2.85 bits per heavy atom. The second-order valence-electron chi connectivity index (χ2n) is 3.34. The van der Waals surface area contributed by atoms with Crippen LogP contribution in [0.2, 0.25) is 0 Å². The van der Waals surface area contributed by atoms with Gasteiger partial charge in [0.25, 0.3) is 0 Å². The molecule has 0 radical (unpaired) electrons. The van der Waals surface area contributed by atoms with E-state index in [-0.39, 0.29) is 6.10 Å². The van der Waals surface area contributed by atoms with E-state index in [1.165, 1.54) is 0 Å². The largest absolute Gasteiger partial charge is 0.392 e. The van der Waals surface area contributed by atoms with E-state index in [0.717, 1.165) is 31.9 Å². The van der Waals surface area contributed by atoms with E-state index in [1.54, 1.807) is 12.4 Å². The standard InChI is InChI=1S/C9H13N3O/c13-8-2-5-12(6-8)7-9-10-3-1-4-11-9/h1,3-4,8,13H,2,5-7H2/t8-/m1/s1. The van der Waals surface area contributed by atoms with Crippen molar-refractivity contribution in [3.05, 3.63) is 24.3 Å². The average molecular weight is 179 g/mol. The molecule has 0 amide bonds. The molecule has 1 N–H and O–H groups in total. The maximum Gasteiger partial charge on any atom is 0.142 e. The van der Waals surface area contributed by atoms with Gasteiger partial charge in [-0.05, 0) is 12.5 Å². The molecule has 0 bridgehead atoms. The van der Waals surface area contributed by atoms with Crippen LogP contribution < -0.4 is 0 Å². The van der Waals surface area contributed by atoms with Gasteiger partial charge in [0.05, 0.1) is 12.6 Å². The van der Waals surface area contributed by atoms with Crippen molar-refractivity contribution < 1.29 is 5.11 Å². The molecule has 2 heterocycles. The van der Waals surface area contributed by atoms with Crippen LogP contribution in [-0.4, -0.2) is 39.2 Å². The highest BCUT2D eigenvalue weighted by atomic mass is 16.3. The minimum atomic E-state index is -0.163. The molecule has 0 unspecified atom stereocenters. The Morgan fingerprint density at radius 2 is 2.23 bits per heavy atom. The predicted molar refractivity (Wildman–Crippen MR) is 47.9 cm³/mol. The molecule has 0 aliphatic carbocycles. The molecule has 0 aromatic carbocycles. The molecule has 0 spiro atoms. The summed E-state index contributed by atoms with van der Waals surface area (Å²) < 4.78 is 0. The van der Waals surface area contributed by atoms with Gasteiger partial charge in [-0.3, -0.25) is 4.90 Å². The first kappa shape index (κ1) is 8.59. The lowest BCUT2D eigenvalue weighted by Crippen LogP contribution is -2.22. The normalized spacial score (nSPS) is 23.6. The molecule has 2 rings (SSSR count). The predicted octanol–water partition coefficient (Wildman–Crippen LogP) is 0.0432. The van der Waals surface area contributed by atoms with Crippen LogP contribution in [0.25, 0.3) is 0 Å². The summed E-state index contributed by atoms with van der Waals surface area (Å²) in [4.78, 5) is 10.4. The molecule has 13 heavy (non-hydrogen) atoms. The maximum absolute atomic E-state index is 9.30. The van der Waals surface area contributed by atoms with Crippen LogP contribution in [0.1, 0.15) is 12.2 Å². The fourth-order valence-corrected chi connectivity index (χ4v) is 1.57. The number of aliphatic hydroxyl groups is 1. The molecule has 1 saturated heterocycles. The molecule has 1 aromatic rings. The summed E-state index contributed by atoms with van der Waals surface area (Å²) in [5.74, 6) is 0.830. The van der Waals surface area contributed by atoms with E-state index >= 15 is 0 Å². The lowest BCUT2D eigenvalue weighted by Gasteiger charge is -2.12. The zero-order valence-electron chi connectivity index (χ0n) is 7.43. The zero-order valence-corrected chi connectivity index (χ0v) is 7.43. The van der Waals surface area contributed by atoms with E-state index in [1.807, 2.05) is 6.07 Å². The average Bonchev–Trinajstić information content (AvgIpc) is 2.53. The van der Waals surface area contributed by atoms with Gasteiger partial charge in [0.2, 0.25) is 0 Å². The topological polar surface area (TPSA) is 49.2 Å². The monoisotopic (exact) mass is 179 g/mol. The zero-order chi connectivity index (χ0) is 9.10. The Balaban J connectivity index is 1.92. The van der Waals surface area contributed by atoms with Crippen LogP contribution >= 0.6 is 0 Å². The Kier molecular flexibility index (Phi) is 2.52. The summed E-state index contributed by atoms with van der Waals surface area (Å²) in [6.45, 7) is 2.44. The Hall–Kier alpha value is -1.00. The van der Waals surface area contributed by atoms with Crippen molar-refractivity contribution in [2.75, 3.05) is 13.1 Å².